The van der Waals surface area contributed by atoms with Crippen LogP contribution in [0.5, 0.6) is 0 Å². The molecule has 0 aliphatic heterocycles. The van der Waals surface area contributed by atoms with Crippen molar-refractivity contribution in [2.45, 2.75) is 53.1 Å². The lowest BCUT2D eigenvalue weighted by Crippen LogP contribution is -2.27. The zero-order valence-corrected chi connectivity index (χ0v) is 16.7. The van der Waals surface area contributed by atoms with E-state index >= 15 is 0 Å². The van der Waals surface area contributed by atoms with Crippen molar-refractivity contribution in [1.82, 2.24) is 14.7 Å². The van der Waals surface area contributed by atoms with Gasteiger partial charge in [0, 0.05) is 24.3 Å². The van der Waals surface area contributed by atoms with Crippen molar-refractivity contribution in [1.29, 1.82) is 0 Å². The quantitative estimate of drug-likeness (QED) is 0.675. The lowest BCUT2D eigenvalue weighted by atomic mass is 9.94. The van der Waals surface area contributed by atoms with Crippen LogP contribution in [-0.2, 0) is 13.0 Å². The third-order valence-corrected chi connectivity index (χ3v) is 4.98. The summed E-state index contributed by atoms with van der Waals surface area (Å²) in [6.45, 7) is 9.12. The summed E-state index contributed by atoms with van der Waals surface area (Å²) >= 11 is 0. The molecule has 0 saturated carbocycles. The van der Waals surface area contributed by atoms with Gasteiger partial charge in [-0.3, -0.25) is 9.20 Å². The van der Waals surface area contributed by atoms with Gasteiger partial charge in [0.05, 0.1) is 5.69 Å². The molecule has 0 amide bonds. The van der Waals surface area contributed by atoms with E-state index in [-0.39, 0.29) is 11.6 Å². The number of nitrogens with zero attached hydrogens (tertiary/aromatic N) is 2. The van der Waals surface area contributed by atoms with Gasteiger partial charge >= 0.3 is 0 Å². The number of nitrogens with one attached hydrogen (secondary N) is 1. The summed E-state index contributed by atoms with van der Waals surface area (Å²) in [4.78, 5) is 17.1. The molecule has 27 heavy (non-hydrogen) atoms. The van der Waals surface area contributed by atoms with Crippen LogP contribution in [0.2, 0.25) is 0 Å². The maximum atomic E-state index is 12.5. The summed E-state index contributed by atoms with van der Waals surface area (Å²) in [6.07, 6.45) is 2.28. The molecule has 142 valence electrons. The van der Waals surface area contributed by atoms with E-state index in [4.69, 9.17) is 0 Å². The zero-order valence-electron chi connectivity index (χ0n) is 16.7. The molecular formula is C23H29N3O. The van der Waals surface area contributed by atoms with Crippen molar-refractivity contribution < 1.29 is 0 Å². The Morgan fingerprint density at radius 2 is 1.85 bits per heavy atom. The van der Waals surface area contributed by atoms with Crippen LogP contribution in [0.1, 0.15) is 55.7 Å². The summed E-state index contributed by atoms with van der Waals surface area (Å²) < 4.78 is 1.65. The lowest BCUT2D eigenvalue weighted by molar-refractivity contribution is 0.408. The van der Waals surface area contributed by atoms with Gasteiger partial charge in [-0.15, -0.1) is 0 Å². The van der Waals surface area contributed by atoms with E-state index in [9.17, 15) is 4.79 Å². The molecule has 0 fully saturated rings. The van der Waals surface area contributed by atoms with Crippen LogP contribution in [0, 0.1) is 12.8 Å². The number of aromatic nitrogens is 2. The Morgan fingerprint density at radius 1 is 1.11 bits per heavy atom. The Morgan fingerprint density at radius 3 is 2.52 bits per heavy atom. The highest BCUT2D eigenvalue weighted by Crippen LogP contribution is 2.23. The second kappa shape index (κ2) is 8.49. The standard InChI is InChI=1S/C23H29N3O/c1-5-7-18-10-12-19(13-11-18)23(16(2)3)24-15-20-14-22(27)26-17(4)8-6-9-21(26)25-20/h6,8-14,16,23-24H,5,7,15H2,1-4H3/t23-/m1/s1. The van der Waals surface area contributed by atoms with E-state index in [1.54, 1.807) is 10.5 Å². The molecule has 0 bridgehead atoms. The van der Waals surface area contributed by atoms with Gasteiger partial charge in [-0.05, 0) is 42.5 Å². The van der Waals surface area contributed by atoms with Crippen LogP contribution in [0.3, 0.4) is 0 Å². The predicted octanol–water partition coefficient (Wildman–Crippen LogP) is 4.44. The third-order valence-electron chi connectivity index (χ3n) is 4.98. The van der Waals surface area contributed by atoms with Crippen molar-refractivity contribution in [2.24, 2.45) is 5.92 Å². The second-order valence-corrected chi connectivity index (χ2v) is 7.54. The van der Waals surface area contributed by atoms with Gasteiger partial charge in [-0.25, -0.2) is 4.98 Å². The van der Waals surface area contributed by atoms with Gasteiger partial charge < -0.3 is 5.32 Å². The first-order chi connectivity index (χ1) is 13.0. The summed E-state index contributed by atoms with van der Waals surface area (Å²) in [5, 5.41) is 3.60. The van der Waals surface area contributed by atoms with E-state index in [1.807, 2.05) is 25.1 Å². The molecule has 0 aliphatic carbocycles. The van der Waals surface area contributed by atoms with Crippen LogP contribution in [0.25, 0.3) is 5.65 Å². The Kier molecular flexibility index (Phi) is 6.07. The van der Waals surface area contributed by atoms with E-state index < -0.39 is 0 Å². The normalized spacial score (nSPS) is 12.6. The van der Waals surface area contributed by atoms with E-state index in [2.05, 4.69) is 55.3 Å². The second-order valence-electron chi connectivity index (χ2n) is 7.54. The van der Waals surface area contributed by atoms with Crippen molar-refractivity contribution >= 4 is 5.65 Å². The van der Waals surface area contributed by atoms with E-state index in [1.165, 1.54) is 11.1 Å². The van der Waals surface area contributed by atoms with Crippen LogP contribution in [0.4, 0.5) is 0 Å². The fraction of sp³-hybridized carbons (Fsp3) is 0.391. The third kappa shape index (κ3) is 4.45. The Hall–Kier alpha value is -2.46. The minimum absolute atomic E-state index is 0.0279. The highest BCUT2D eigenvalue weighted by Gasteiger charge is 2.16. The van der Waals surface area contributed by atoms with Crippen molar-refractivity contribution in [3.05, 3.63) is 81.4 Å². The van der Waals surface area contributed by atoms with Crippen molar-refractivity contribution in [3.63, 3.8) is 0 Å². The SMILES string of the molecule is CCCc1ccc([C@H](NCc2cc(=O)n3c(C)cccc3n2)C(C)C)cc1. The van der Waals surface area contributed by atoms with Gasteiger partial charge in [0.25, 0.3) is 5.56 Å². The molecular weight excluding hydrogens is 334 g/mol. The first-order valence-electron chi connectivity index (χ1n) is 9.80. The Labute approximate surface area is 161 Å². The summed E-state index contributed by atoms with van der Waals surface area (Å²) in [5.74, 6) is 0.436. The molecule has 1 atom stereocenters. The van der Waals surface area contributed by atoms with Crippen LogP contribution in [-0.4, -0.2) is 9.38 Å². The molecule has 3 rings (SSSR count). The molecule has 1 N–H and O–H groups in total. The lowest BCUT2D eigenvalue weighted by Gasteiger charge is -2.23. The van der Waals surface area contributed by atoms with Gasteiger partial charge in [0.1, 0.15) is 5.65 Å². The Balaban J connectivity index is 1.80. The van der Waals surface area contributed by atoms with E-state index in [0.717, 1.165) is 24.2 Å². The average Bonchev–Trinajstić information content (AvgIpc) is 2.63. The average molecular weight is 364 g/mol. The zero-order chi connectivity index (χ0) is 19.4. The number of fused-ring (bicyclic) bond motifs is 1. The number of pyridine rings is 1. The smallest absolute Gasteiger partial charge is 0.258 e. The molecule has 0 spiro atoms. The maximum absolute atomic E-state index is 12.5. The molecule has 0 saturated heterocycles. The molecule has 4 heteroatoms. The van der Waals surface area contributed by atoms with E-state index in [0.29, 0.717) is 18.1 Å². The molecule has 4 nitrogen and oxygen atoms in total. The molecule has 2 heterocycles. The first kappa shape index (κ1) is 19.3. The van der Waals surface area contributed by atoms with Crippen molar-refractivity contribution in [2.75, 3.05) is 0 Å². The molecule has 0 radical (unpaired) electrons. The number of hydrogen-bond donors (Lipinski definition) is 1. The Bertz CT molecular complexity index is 958. The minimum atomic E-state index is -0.0279. The topological polar surface area (TPSA) is 46.4 Å². The number of rotatable bonds is 7. The highest BCUT2D eigenvalue weighted by atomic mass is 16.1. The monoisotopic (exact) mass is 363 g/mol. The maximum Gasteiger partial charge on any atom is 0.258 e. The van der Waals surface area contributed by atoms with Gasteiger partial charge in [-0.1, -0.05) is 57.5 Å². The summed E-state index contributed by atoms with van der Waals surface area (Å²) in [7, 11) is 0. The number of benzene rings is 1. The summed E-state index contributed by atoms with van der Waals surface area (Å²) in [6, 6.07) is 16.5. The summed E-state index contributed by atoms with van der Waals surface area (Å²) in [5.41, 5.74) is 5.00. The highest BCUT2D eigenvalue weighted by molar-refractivity contribution is 5.40. The van der Waals surface area contributed by atoms with Crippen LogP contribution >= 0.6 is 0 Å². The molecule has 1 aromatic carbocycles. The first-order valence-corrected chi connectivity index (χ1v) is 9.80. The van der Waals surface area contributed by atoms with Gasteiger partial charge in [0.2, 0.25) is 0 Å². The largest absolute Gasteiger partial charge is 0.304 e. The fourth-order valence-corrected chi connectivity index (χ4v) is 3.59. The van der Waals surface area contributed by atoms with Crippen molar-refractivity contribution in [3.8, 4) is 0 Å². The van der Waals surface area contributed by atoms with Crippen LogP contribution in [0.15, 0.2) is 53.3 Å². The van der Waals surface area contributed by atoms with Gasteiger partial charge in [0.15, 0.2) is 0 Å². The minimum Gasteiger partial charge on any atom is -0.304 e. The number of hydrogen-bond acceptors (Lipinski definition) is 3. The molecule has 3 aromatic rings. The van der Waals surface area contributed by atoms with Crippen LogP contribution < -0.4 is 10.9 Å². The molecule has 2 aromatic heterocycles. The predicted molar refractivity (Wildman–Crippen MR) is 111 cm³/mol. The fourth-order valence-electron chi connectivity index (χ4n) is 3.59. The number of aryl methyl sites for hydroxylation is 2. The molecule has 0 unspecified atom stereocenters. The molecule has 0 aliphatic rings. The van der Waals surface area contributed by atoms with Gasteiger partial charge in [-0.2, -0.15) is 0 Å².